The lowest BCUT2D eigenvalue weighted by Crippen LogP contribution is -2.36. The summed E-state index contributed by atoms with van der Waals surface area (Å²) in [6, 6.07) is -1.01. The predicted molar refractivity (Wildman–Crippen MR) is 67.6 cm³/mol. The fraction of sp³-hybridized carbons (Fsp3) is 0.692. The Labute approximate surface area is 123 Å². The molecule has 1 N–H and O–H groups in total. The van der Waals surface area contributed by atoms with E-state index in [9.17, 15) is 26.7 Å². The third-order valence-corrected chi connectivity index (χ3v) is 3.64. The van der Waals surface area contributed by atoms with Crippen molar-refractivity contribution in [1.29, 1.82) is 0 Å². The minimum absolute atomic E-state index is 0.118. The summed E-state index contributed by atoms with van der Waals surface area (Å²) in [4.78, 5) is 12.0. The number of rotatable bonds is 5. The van der Waals surface area contributed by atoms with Crippen LogP contribution in [0.3, 0.4) is 0 Å². The van der Waals surface area contributed by atoms with E-state index in [1.54, 1.807) is 6.92 Å². The average molecular weight is 325 g/mol. The van der Waals surface area contributed by atoms with Crippen molar-refractivity contribution in [2.24, 2.45) is 0 Å². The van der Waals surface area contributed by atoms with E-state index in [0.29, 0.717) is 18.5 Å². The molecule has 0 fully saturated rings. The molecule has 1 aliphatic rings. The van der Waals surface area contributed by atoms with Crippen LogP contribution >= 0.6 is 0 Å². The quantitative estimate of drug-likeness (QED) is 0.846. The molecule has 22 heavy (non-hydrogen) atoms. The van der Waals surface area contributed by atoms with Crippen molar-refractivity contribution >= 4 is 5.91 Å². The third kappa shape index (κ3) is 3.22. The number of aromatic nitrogens is 2. The topological polar surface area (TPSA) is 46.9 Å². The molecule has 0 bridgehead atoms. The molecule has 0 aromatic carbocycles. The first kappa shape index (κ1) is 16.7. The maximum Gasteiger partial charge on any atom is 0.435 e. The van der Waals surface area contributed by atoms with Gasteiger partial charge < -0.3 is 5.32 Å². The van der Waals surface area contributed by atoms with Crippen molar-refractivity contribution in [1.82, 2.24) is 15.1 Å². The Morgan fingerprint density at radius 3 is 2.59 bits per heavy atom. The summed E-state index contributed by atoms with van der Waals surface area (Å²) in [6.45, 7) is 0.772. The average Bonchev–Trinajstić information content (AvgIpc) is 2.99. The highest BCUT2D eigenvalue weighted by Crippen LogP contribution is 2.37. The molecule has 1 aromatic heterocycles. The molecule has 0 spiro atoms. The predicted octanol–water partition coefficient (Wildman–Crippen LogP) is 2.72. The zero-order chi connectivity index (χ0) is 16.5. The molecular weight excluding hydrogens is 309 g/mol. The van der Waals surface area contributed by atoms with Gasteiger partial charge in [-0.2, -0.15) is 18.3 Å². The van der Waals surface area contributed by atoms with Gasteiger partial charge in [0.15, 0.2) is 5.69 Å². The number of hydrogen-bond acceptors (Lipinski definition) is 2. The van der Waals surface area contributed by atoms with Crippen LogP contribution in [-0.4, -0.2) is 28.7 Å². The number of fused-ring (bicyclic) bond motifs is 1. The van der Waals surface area contributed by atoms with Crippen molar-refractivity contribution in [2.75, 3.05) is 6.54 Å². The molecule has 4 nitrogen and oxygen atoms in total. The van der Waals surface area contributed by atoms with Gasteiger partial charge in [-0.3, -0.25) is 9.48 Å². The normalized spacial score (nSPS) is 16.0. The molecule has 124 valence electrons. The van der Waals surface area contributed by atoms with E-state index in [4.69, 9.17) is 0 Å². The van der Waals surface area contributed by atoms with Crippen LogP contribution in [0.5, 0.6) is 0 Å². The van der Waals surface area contributed by atoms with Crippen LogP contribution in [0.2, 0.25) is 0 Å². The van der Waals surface area contributed by atoms with Gasteiger partial charge in [0.1, 0.15) is 6.04 Å². The number of hydrogen-bond donors (Lipinski definition) is 1. The summed E-state index contributed by atoms with van der Waals surface area (Å²) < 4.78 is 64.4. The van der Waals surface area contributed by atoms with Gasteiger partial charge in [-0.05, 0) is 25.7 Å². The van der Waals surface area contributed by atoms with Gasteiger partial charge in [-0.1, -0.05) is 6.92 Å². The number of nitrogens with zero attached hydrogens (tertiary/aromatic N) is 2. The fourth-order valence-corrected chi connectivity index (χ4v) is 2.71. The molecule has 1 aromatic rings. The van der Waals surface area contributed by atoms with Crippen LogP contribution in [0.1, 0.15) is 42.8 Å². The second-order valence-corrected chi connectivity index (χ2v) is 5.13. The molecule has 0 saturated carbocycles. The van der Waals surface area contributed by atoms with Gasteiger partial charge in [0, 0.05) is 11.3 Å². The van der Waals surface area contributed by atoms with Crippen LogP contribution < -0.4 is 5.32 Å². The van der Waals surface area contributed by atoms with Gasteiger partial charge in [-0.25, -0.2) is 8.78 Å². The number of carbonyl (C=O) groups excluding carboxylic acids is 1. The van der Waals surface area contributed by atoms with Gasteiger partial charge in [-0.15, -0.1) is 0 Å². The number of alkyl halides is 5. The molecule has 0 radical (unpaired) electrons. The molecule has 9 heteroatoms. The van der Waals surface area contributed by atoms with Crippen molar-refractivity contribution in [2.45, 2.75) is 51.3 Å². The van der Waals surface area contributed by atoms with Crippen molar-refractivity contribution in [3.8, 4) is 0 Å². The molecule has 1 heterocycles. The number of amides is 1. The van der Waals surface area contributed by atoms with Crippen LogP contribution in [0, 0.1) is 0 Å². The molecule has 2 rings (SSSR count). The Morgan fingerprint density at radius 2 is 2.05 bits per heavy atom. The van der Waals surface area contributed by atoms with Crippen LogP contribution in [0.25, 0.3) is 0 Å². The zero-order valence-electron chi connectivity index (χ0n) is 11.9. The van der Waals surface area contributed by atoms with Gasteiger partial charge in [0.25, 0.3) is 6.43 Å². The van der Waals surface area contributed by atoms with Crippen molar-refractivity contribution in [3.05, 3.63) is 17.0 Å². The number of carbonyl (C=O) groups is 1. The van der Waals surface area contributed by atoms with E-state index >= 15 is 0 Å². The Kier molecular flexibility index (Phi) is 4.72. The molecule has 0 aliphatic heterocycles. The first-order valence-corrected chi connectivity index (χ1v) is 6.99. The van der Waals surface area contributed by atoms with E-state index in [0.717, 1.165) is 4.68 Å². The number of nitrogens with one attached hydrogen (secondary N) is 1. The van der Waals surface area contributed by atoms with Crippen LogP contribution in [0.15, 0.2) is 0 Å². The highest BCUT2D eigenvalue weighted by Gasteiger charge is 2.41. The highest BCUT2D eigenvalue weighted by molar-refractivity contribution is 5.80. The molecule has 0 saturated heterocycles. The Bertz CT molecular complexity index is 553. The monoisotopic (exact) mass is 325 g/mol. The summed E-state index contributed by atoms with van der Waals surface area (Å²) in [5.74, 6) is -0.742. The Balaban J connectivity index is 2.32. The summed E-state index contributed by atoms with van der Waals surface area (Å²) in [6.07, 6.45) is -5.91. The molecule has 1 atom stereocenters. The van der Waals surface area contributed by atoms with E-state index < -0.39 is 36.8 Å². The molecule has 1 aliphatic carbocycles. The SMILES string of the molecule is CC[C@H](C(=O)NCC(F)F)n1nc(C(F)(F)F)c2c1CCC2. The van der Waals surface area contributed by atoms with E-state index in [1.165, 1.54) is 0 Å². The van der Waals surface area contributed by atoms with Crippen LogP contribution in [-0.2, 0) is 23.8 Å². The Morgan fingerprint density at radius 1 is 1.36 bits per heavy atom. The molecular formula is C13H16F5N3O. The summed E-state index contributed by atoms with van der Waals surface area (Å²) in [5, 5.41) is 5.61. The second-order valence-electron chi connectivity index (χ2n) is 5.13. The molecule has 0 unspecified atom stereocenters. The van der Waals surface area contributed by atoms with E-state index in [2.05, 4.69) is 5.10 Å². The maximum absolute atomic E-state index is 13.0. The minimum Gasteiger partial charge on any atom is -0.349 e. The smallest absolute Gasteiger partial charge is 0.349 e. The number of halogens is 5. The largest absolute Gasteiger partial charge is 0.435 e. The maximum atomic E-state index is 13.0. The first-order valence-electron chi connectivity index (χ1n) is 6.99. The lowest BCUT2D eigenvalue weighted by atomic mass is 10.1. The lowest BCUT2D eigenvalue weighted by Gasteiger charge is -2.17. The van der Waals surface area contributed by atoms with Gasteiger partial charge in [0.2, 0.25) is 5.91 Å². The van der Waals surface area contributed by atoms with E-state index in [1.807, 2.05) is 5.32 Å². The van der Waals surface area contributed by atoms with Gasteiger partial charge >= 0.3 is 6.18 Å². The minimum atomic E-state index is -4.59. The lowest BCUT2D eigenvalue weighted by molar-refractivity contribution is -0.142. The summed E-state index contributed by atoms with van der Waals surface area (Å²) >= 11 is 0. The van der Waals surface area contributed by atoms with Crippen molar-refractivity contribution in [3.63, 3.8) is 0 Å². The summed E-state index contributed by atoms with van der Waals surface area (Å²) in [5.41, 5.74) is -0.473. The first-order chi connectivity index (χ1) is 10.3. The van der Waals surface area contributed by atoms with E-state index in [-0.39, 0.29) is 18.4 Å². The fourth-order valence-electron chi connectivity index (χ4n) is 2.71. The third-order valence-electron chi connectivity index (χ3n) is 3.64. The molecule has 1 amide bonds. The van der Waals surface area contributed by atoms with Crippen LogP contribution in [0.4, 0.5) is 22.0 Å². The van der Waals surface area contributed by atoms with Gasteiger partial charge in [0.05, 0.1) is 6.54 Å². The zero-order valence-corrected chi connectivity index (χ0v) is 11.9. The Hall–Kier alpha value is -1.67. The summed E-state index contributed by atoms with van der Waals surface area (Å²) in [7, 11) is 0. The standard InChI is InChI=1S/C13H16F5N3O/c1-2-8(12(22)19-6-10(14)15)21-9-5-3-4-7(9)11(20-21)13(16,17)18/h8,10H,2-6H2,1H3,(H,19,22)/t8-/m1/s1. The highest BCUT2D eigenvalue weighted by atomic mass is 19.4. The second kappa shape index (κ2) is 6.21. The van der Waals surface area contributed by atoms with Crippen molar-refractivity contribution < 1.29 is 26.7 Å².